The molecule has 1 aromatic carbocycles. The third-order valence-corrected chi connectivity index (χ3v) is 3.02. The van der Waals surface area contributed by atoms with Crippen LogP contribution in [0.1, 0.15) is 11.1 Å². The van der Waals surface area contributed by atoms with Crippen molar-refractivity contribution in [2.24, 2.45) is 5.73 Å². The maximum absolute atomic E-state index is 5.79. The average molecular weight is 211 g/mol. The van der Waals surface area contributed by atoms with Gasteiger partial charge >= 0.3 is 0 Å². The van der Waals surface area contributed by atoms with Gasteiger partial charge in [0.25, 0.3) is 0 Å². The van der Waals surface area contributed by atoms with Gasteiger partial charge in [0.1, 0.15) is 5.65 Å². The van der Waals surface area contributed by atoms with Gasteiger partial charge in [-0.05, 0) is 24.1 Å². The van der Waals surface area contributed by atoms with E-state index in [1.165, 1.54) is 16.5 Å². The number of nitrogens with zero attached hydrogens (tertiary/aromatic N) is 2. The molecule has 0 atom stereocenters. The van der Waals surface area contributed by atoms with Crippen molar-refractivity contribution in [2.75, 3.05) is 0 Å². The van der Waals surface area contributed by atoms with Gasteiger partial charge in [-0.2, -0.15) is 0 Å². The summed E-state index contributed by atoms with van der Waals surface area (Å²) in [5.41, 5.74) is 10.3. The Bertz CT molecular complexity index is 667. The van der Waals surface area contributed by atoms with E-state index in [2.05, 4.69) is 40.6 Å². The number of hydrogen-bond donors (Lipinski definition) is 1. The number of nitrogens with two attached hydrogens (primary N) is 1. The molecule has 2 aromatic heterocycles. The number of pyridine rings is 1. The van der Waals surface area contributed by atoms with Gasteiger partial charge in [0.2, 0.25) is 0 Å². The van der Waals surface area contributed by atoms with Crippen molar-refractivity contribution in [3.63, 3.8) is 0 Å². The van der Waals surface area contributed by atoms with Crippen LogP contribution in [0.2, 0.25) is 0 Å². The smallest absolute Gasteiger partial charge is 0.137 e. The van der Waals surface area contributed by atoms with Gasteiger partial charge in [-0.15, -0.1) is 0 Å². The molecule has 0 saturated heterocycles. The van der Waals surface area contributed by atoms with Gasteiger partial charge in [-0.3, -0.25) is 4.40 Å². The first-order valence-corrected chi connectivity index (χ1v) is 5.35. The minimum Gasteiger partial charge on any atom is -0.326 e. The van der Waals surface area contributed by atoms with Crippen LogP contribution in [0.5, 0.6) is 0 Å². The monoisotopic (exact) mass is 211 g/mol. The normalized spacial score (nSPS) is 11.4. The van der Waals surface area contributed by atoms with Crippen LogP contribution in [0.4, 0.5) is 0 Å². The molecule has 0 aliphatic carbocycles. The highest BCUT2D eigenvalue weighted by Crippen LogP contribution is 2.23. The molecule has 0 saturated carbocycles. The number of aromatic nitrogens is 2. The molecule has 0 unspecified atom stereocenters. The van der Waals surface area contributed by atoms with Crippen LogP contribution in [0.25, 0.3) is 16.6 Å². The molecular formula is C13H13N3. The third kappa shape index (κ3) is 1.15. The largest absolute Gasteiger partial charge is 0.326 e. The van der Waals surface area contributed by atoms with E-state index >= 15 is 0 Å². The molecule has 16 heavy (non-hydrogen) atoms. The second-order valence-electron chi connectivity index (χ2n) is 4.00. The molecule has 0 bridgehead atoms. The van der Waals surface area contributed by atoms with Crippen molar-refractivity contribution in [2.45, 2.75) is 13.5 Å². The van der Waals surface area contributed by atoms with Crippen LogP contribution < -0.4 is 5.73 Å². The fourth-order valence-electron chi connectivity index (χ4n) is 2.24. The summed E-state index contributed by atoms with van der Waals surface area (Å²) < 4.78 is 2.10. The average Bonchev–Trinajstić information content (AvgIpc) is 2.76. The topological polar surface area (TPSA) is 43.3 Å². The summed E-state index contributed by atoms with van der Waals surface area (Å²) in [6, 6.07) is 8.35. The van der Waals surface area contributed by atoms with E-state index in [0.29, 0.717) is 6.54 Å². The first-order valence-electron chi connectivity index (χ1n) is 5.35. The number of fused-ring (bicyclic) bond motifs is 3. The fourth-order valence-corrected chi connectivity index (χ4v) is 2.24. The number of aryl methyl sites for hydroxylation is 1. The minimum atomic E-state index is 0.550. The lowest BCUT2D eigenvalue weighted by Crippen LogP contribution is -2.01. The molecule has 2 heterocycles. The van der Waals surface area contributed by atoms with E-state index in [1.807, 2.05) is 12.4 Å². The van der Waals surface area contributed by atoms with Crippen molar-refractivity contribution in [1.29, 1.82) is 0 Å². The lowest BCUT2D eigenvalue weighted by Gasteiger charge is -2.09. The standard InChI is InChI=1S/C13H13N3/c1-9-7-12-15-5-6-16(12)13-10(8-14)3-2-4-11(9)13/h2-7H,8,14H2,1H3. The maximum Gasteiger partial charge on any atom is 0.137 e. The minimum absolute atomic E-state index is 0.550. The summed E-state index contributed by atoms with van der Waals surface area (Å²) in [4.78, 5) is 4.33. The van der Waals surface area contributed by atoms with Crippen molar-refractivity contribution in [1.82, 2.24) is 9.38 Å². The lowest BCUT2D eigenvalue weighted by molar-refractivity contribution is 1.07. The van der Waals surface area contributed by atoms with Gasteiger partial charge in [0.05, 0.1) is 5.52 Å². The van der Waals surface area contributed by atoms with Gasteiger partial charge in [-0.1, -0.05) is 18.2 Å². The Kier molecular flexibility index (Phi) is 1.94. The molecule has 0 spiro atoms. The van der Waals surface area contributed by atoms with Crippen molar-refractivity contribution < 1.29 is 0 Å². The molecule has 80 valence electrons. The number of hydrogen-bond acceptors (Lipinski definition) is 2. The Labute approximate surface area is 93.5 Å². The predicted molar refractivity (Wildman–Crippen MR) is 65.3 cm³/mol. The molecule has 0 aliphatic rings. The molecule has 0 amide bonds. The van der Waals surface area contributed by atoms with Crippen molar-refractivity contribution >= 4 is 16.6 Å². The lowest BCUT2D eigenvalue weighted by atomic mass is 10.1. The van der Waals surface area contributed by atoms with Gasteiger partial charge < -0.3 is 5.73 Å². The molecule has 3 aromatic rings. The molecule has 0 aliphatic heterocycles. The summed E-state index contributed by atoms with van der Waals surface area (Å²) in [6.07, 6.45) is 3.80. The maximum atomic E-state index is 5.79. The number of rotatable bonds is 1. The molecule has 0 fully saturated rings. The Morgan fingerprint density at radius 1 is 1.38 bits per heavy atom. The summed E-state index contributed by atoms with van der Waals surface area (Å²) >= 11 is 0. The van der Waals surface area contributed by atoms with Crippen LogP contribution in [-0.4, -0.2) is 9.38 Å². The van der Waals surface area contributed by atoms with Crippen molar-refractivity contribution in [3.8, 4) is 0 Å². The van der Waals surface area contributed by atoms with Gasteiger partial charge in [-0.25, -0.2) is 4.98 Å². The number of imidazole rings is 1. The quantitative estimate of drug-likeness (QED) is 0.671. The molecular weight excluding hydrogens is 198 g/mol. The molecule has 3 heteroatoms. The number of benzene rings is 1. The van der Waals surface area contributed by atoms with E-state index in [9.17, 15) is 0 Å². The van der Waals surface area contributed by atoms with Crippen LogP contribution in [0, 0.1) is 6.92 Å². The predicted octanol–water partition coefficient (Wildman–Crippen LogP) is 2.25. The summed E-state index contributed by atoms with van der Waals surface area (Å²) in [5, 5.41) is 1.24. The van der Waals surface area contributed by atoms with Gasteiger partial charge in [0, 0.05) is 24.3 Å². The van der Waals surface area contributed by atoms with Crippen LogP contribution >= 0.6 is 0 Å². The van der Waals surface area contributed by atoms with Crippen LogP contribution in [-0.2, 0) is 6.54 Å². The van der Waals surface area contributed by atoms with E-state index < -0.39 is 0 Å². The fraction of sp³-hybridized carbons (Fsp3) is 0.154. The van der Waals surface area contributed by atoms with Crippen LogP contribution in [0.3, 0.4) is 0 Å². The second kappa shape index (κ2) is 3.32. The van der Waals surface area contributed by atoms with Crippen molar-refractivity contribution in [3.05, 3.63) is 47.8 Å². The molecule has 2 N–H and O–H groups in total. The Morgan fingerprint density at radius 3 is 3.06 bits per heavy atom. The van der Waals surface area contributed by atoms with E-state index in [4.69, 9.17) is 5.73 Å². The van der Waals surface area contributed by atoms with Crippen LogP contribution in [0.15, 0.2) is 36.7 Å². The molecule has 0 radical (unpaired) electrons. The Morgan fingerprint density at radius 2 is 2.25 bits per heavy atom. The first kappa shape index (κ1) is 9.36. The second-order valence-corrected chi connectivity index (χ2v) is 4.00. The summed E-state index contributed by atoms with van der Waals surface area (Å²) in [6.45, 7) is 2.66. The highest BCUT2D eigenvalue weighted by atomic mass is 15.0. The number of para-hydroxylation sites is 1. The third-order valence-electron chi connectivity index (χ3n) is 3.02. The highest BCUT2D eigenvalue weighted by Gasteiger charge is 2.07. The summed E-state index contributed by atoms with van der Waals surface area (Å²) in [7, 11) is 0. The molecule has 3 rings (SSSR count). The Balaban J connectivity index is 2.62. The van der Waals surface area contributed by atoms with E-state index in [0.717, 1.165) is 11.2 Å². The Hall–Kier alpha value is -1.87. The first-order chi connectivity index (χ1) is 7.81. The summed E-state index contributed by atoms with van der Waals surface area (Å²) in [5.74, 6) is 0. The zero-order valence-electron chi connectivity index (χ0n) is 9.14. The zero-order chi connectivity index (χ0) is 11.1. The zero-order valence-corrected chi connectivity index (χ0v) is 9.14. The van der Waals surface area contributed by atoms with Gasteiger partial charge in [0.15, 0.2) is 0 Å². The molecule has 3 nitrogen and oxygen atoms in total. The highest BCUT2D eigenvalue weighted by molar-refractivity contribution is 5.88. The van der Waals surface area contributed by atoms with E-state index in [1.54, 1.807) is 0 Å². The SMILES string of the molecule is Cc1cc2nccn2c2c(CN)cccc12. The van der Waals surface area contributed by atoms with E-state index in [-0.39, 0.29) is 0 Å².